The van der Waals surface area contributed by atoms with Gasteiger partial charge in [0.05, 0.1) is 23.0 Å². The number of hydrogen-bond donors (Lipinski definition) is 1. The van der Waals surface area contributed by atoms with E-state index >= 15 is 0 Å². The molecular formula is C28H25BrN2O8S2. The molecule has 0 spiro atoms. The number of hydrogen-bond acceptors (Lipinski definition) is 9. The van der Waals surface area contributed by atoms with Gasteiger partial charge in [-0.05, 0) is 100 Å². The van der Waals surface area contributed by atoms with E-state index in [1.165, 1.54) is 50.4 Å². The Morgan fingerprint density at radius 3 is 2.49 bits per heavy atom. The monoisotopic (exact) mass is 660 g/mol. The van der Waals surface area contributed by atoms with Gasteiger partial charge in [0.1, 0.15) is 17.3 Å². The number of imide groups is 1. The van der Waals surface area contributed by atoms with Gasteiger partial charge >= 0.3 is 10.1 Å². The highest BCUT2D eigenvalue weighted by Crippen LogP contribution is 2.40. The van der Waals surface area contributed by atoms with Crippen LogP contribution in [0.15, 0.2) is 74.9 Å². The molecular weight excluding hydrogens is 636 g/mol. The van der Waals surface area contributed by atoms with Crippen LogP contribution < -0.4 is 19.0 Å². The van der Waals surface area contributed by atoms with Crippen LogP contribution in [0.5, 0.6) is 17.2 Å². The van der Waals surface area contributed by atoms with Gasteiger partial charge in [-0.3, -0.25) is 19.3 Å². The van der Waals surface area contributed by atoms with Crippen LogP contribution in [0, 0.1) is 6.92 Å². The number of nitrogens with one attached hydrogen (secondary N) is 1. The normalized spacial score (nSPS) is 14.3. The third-order valence-corrected chi connectivity index (χ3v) is 8.38. The first-order valence-corrected chi connectivity index (χ1v) is 15.1. The van der Waals surface area contributed by atoms with E-state index in [0.717, 1.165) is 22.2 Å². The lowest BCUT2D eigenvalue weighted by Crippen LogP contribution is -2.32. The number of thioether (sulfide) groups is 1. The summed E-state index contributed by atoms with van der Waals surface area (Å²) in [6.45, 7) is 3.51. The third kappa shape index (κ3) is 7.48. The Morgan fingerprint density at radius 2 is 1.83 bits per heavy atom. The largest absolute Gasteiger partial charge is 0.493 e. The van der Waals surface area contributed by atoms with Crippen LogP contribution in [0.4, 0.5) is 10.5 Å². The summed E-state index contributed by atoms with van der Waals surface area (Å²) < 4.78 is 42.5. The summed E-state index contributed by atoms with van der Waals surface area (Å²) in [5, 5.41) is 2.14. The Kier molecular flexibility index (Phi) is 9.41. The zero-order valence-electron chi connectivity index (χ0n) is 22.2. The first-order valence-electron chi connectivity index (χ1n) is 12.1. The maximum atomic E-state index is 12.9. The number of anilines is 1. The number of nitrogens with zero attached hydrogens (tertiary/aromatic N) is 1. The Bertz CT molecular complexity index is 1640. The molecule has 3 aromatic rings. The van der Waals surface area contributed by atoms with Gasteiger partial charge in [-0.2, -0.15) is 8.42 Å². The Morgan fingerprint density at radius 1 is 1.10 bits per heavy atom. The van der Waals surface area contributed by atoms with E-state index in [4.69, 9.17) is 13.7 Å². The molecule has 13 heteroatoms. The number of aryl methyl sites for hydroxylation is 1. The number of methoxy groups -OCH3 is 1. The van der Waals surface area contributed by atoms with Crippen molar-refractivity contribution in [1.29, 1.82) is 0 Å². The maximum absolute atomic E-state index is 12.9. The van der Waals surface area contributed by atoms with Gasteiger partial charge in [-0.25, -0.2) is 0 Å². The van der Waals surface area contributed by atoms with E-state index in [9.17, 15) is 22.8 Å². The third-order valence-electron chi connectivity index (χ3n) is 5.65. The molecule has 0 unspecified atom stereocenters. The zero-order valence-corrected chi connectivity index (χ0v) is 25.4. The summed E-state index contributed by atoms with van der Waals surface area (Å²) >= 11 is 4.11. The molecule has 1 aliphatic rings. The number of ether oxygens (including phenoxy) is 2. The molecule has 3 aromatic carbocycles. The lowest BCUT2D eigenvalue weighted by atomic mass is 10.2. The summed E-state index contributed by atoms with van der Waals surface area (Å²) in [5.41, 5.74) is 1.94. The molecule has 214 valence electrons. The second-order valence-electron chi connectivity index (χ2n) is 8.78. The molecule has 0 bridgehead atoms. The number of benzene rings is 3. The minimum Gasteiger partial charge on any atom is -0.493 e. The number of amides is 3. The van der Waals surface area contributed by atoms with Crippen LogP contribution in [0.1, 0.15) is 18.1 Å². The Hall–Kier alpha value is -3.81. The molecule has 1 heterocycles. The van der Waals surface area contributed by atoms with E-state index in [0.29, 0.717) is 17.0 Å². The molecule has 0 atom stereocenters. The van der Waals surface area contributed by atoms with Crippen LogP contribution in [0.2, 0.25) is 0 Å². The van der Waals surface area contributed by atoms with E-state index in [1.807, 2.05) is 25.1 Å². The van der Waals surface area contributed by atoms with Crippen molar-refractivity contribution < 1.29 is 36.5 Å². The smallest absolute Gasteiger partial charge is 0.339 e. The second kappa shape index (κ2) is 12.8. The Labute approximate surface area is 249 Å². The molecule has 3 amide bonds. The quantitative estimate of drug-likeness (QED) is 0.218. The van der Waals surface area contributed by atoms with Crippen LogP contribution in [0.3, 0.4) is 0 Å². The van der Waals surface area contributed by atoms with Gasteiger partial charge in [-0.15, -0.1) is 0 Å². The molecule has 0 radical (unpaired) electrons. The fraction of sp³-hybridized carbons (Fsp3) is 0.179. The van der Waals surface area contributed by atoms with Crippen molar-refractivity contribution >= 4 is 66.6 Å². The van der Waals surface area contributed by atoms with Gasteiger partial charge < -0.3 is 19.0 Å². The first kappa shape index (κ1) is 30.2. The van der Waals surface area contributed by atoms with Crippen LogP contribution in [-0.4, -0.2) is 50.6 Å². The minimum atomic E-state index is -4.26. The van der Waals surface area contributed by atoms with Crippen molar-refractivity contribution in [2.45, 2.75) is 18.7 Å². The van der Waals surface area contributed by atoms with Crippen molar-refractivity contribution in [2.75, 3.05) is 25.6 Å². The molecule has 1 fully saturated rings. The van der Waals surface area contributed by atoms with Gasteiger partial charge in [0.15, 0.2) is 11.5 Å². The molecule has 10 nitrogen and oxygen atoms in total. The average molecular weight is 662 g/mol. The fourth-order valence-corrected chi connectivity index (χ4v) is 6.24. The van der Waals surface area contributed by atoms with Crippen molar-refractivity contribution in [1.82, 2.24) is 4.90 Å². The summed E-state index contributed by atoms with van der Waals surface area (Å²) in [4.78, 5) is 37.8. The van der Waals surface area contributed by atoms with Crippen LogP contribution >= 0.6 is 27.7 Å². The fourth-order valence-electron chi connectivity index (χ4n) is 3.77. The number of halogens is 1. The van der Waals surface area contributed by atoms with E-state index in [-0.39, 0.29) is 44.8 Å². The molecule has 4 rings (SSSR count). The van der Waals surface area contributed by atoms with Gasteiger partial charge in [-0.1, -0.05) is 12.1 Å². The molecule has 41 heavy (non-hydrogen) atoms. The molecule has 0 aromatic heterocycles. The first-order chi connectivity index (χ1) is 19.5. The molecule has 0 aliphatic carbocycles. The standard InChI is InChI=1S/C28H25BrN2O8S2/c1-17-5-4-6-21(13-17)38-12-11-31-27(33)25(40-28(31)34)16-19-14-23(29)26(24(15-19)37-3)39-41(35,36)22-9-7-20(8-10-22)30-18(2)32/h4-10,13-16H,11-12H2,1-3H3,(H,30,32)/b25-16-. The van der Waals surface area contributed by atoms with E-state index < -0.39 is 21.3 Å². The molecule has 1 saturated heterocycles. The van der Waals surface area contributed by atoms with Crippen LogP contribution in [-0.2, 0) is 19.7 Å². The summed E-state index contributed by atoms with van der Waals surface area (Å²) in [7, 11) is -2.92. The van der Waals surface area contributed by atoms with Crippen LogP contribution in [0.25, 0.3) is 6.08 Å². The highest BCUT2D eigenvalue weighted by atomic mass is 79.9. The topological polar surface area (TPSA) is 128 Å². The van der Waals surface area contributed by atoms with Crippen molar-refractivity contribution in [2.24, 2.45) is 0 Å². The predicted octanol–water partition coefficient (Wildman–Crippen LogP) is 5.61. The second-order valence-corrected chi connectivity index (χ2v) is 12.2. The maximum Gasteiger partial charge on any atom is 0.339 e. The summed E-state index contributed by atoms with van der Waals surface area (Å²) in [6, 6.07) is 16.0. The minimum absolute atomic E-state index is 0.0786. The van der Waals surface area contributed by atoms with E-state index in [1.54, 1.807) is 12.1 Å². The molecule has 1 N–H and O–H groups in total. The van der Waals surface area contributed by atoms with Crippen molar-refractivity contribution in [3.63, 3.8) is 0 Å². The van der Waals surface area contributed by atoms with Gasteiger partial charge in [0, 0.05) is 12.6 Å². The van der Waals surface area contributed by atoms with Crippen molar-refractivity contribution in [3.8, 4) is 17.2 Å². The highest BCUT2D eigenvalue weighted by molar-refractivity contribution is 9.10. The lowest BCUT2D eigenvalue weighted by Gasteiger charge is -2.14. The van der Waals surface area contributed by atoms with E-state index in [2.05, 4.69) is 21.2 Å². The lowest BCUT2D eigenvalue weighted by molar-refractivity contribution is -0.123. The molecule has 0 saturated carbocycles. The number of carbonyl (C=O) groups excluding carboxylic acids is 3. The highest BCUT2D eigenvalue weighted by Gasteiger charge is 2.35. The zero-order chi connectivity index (χ0) is 29.7. The van der Waals surface area contributed by atoms with Crippen molar-refractivity contribution in [3.05, 3.63) is 81.2 Å². The van der Waals surface area contributed by atoms with Gasteiger partial charge in [0.2, 0.25) is 5.91 Å². The summed E-state index contributed by atoms with van der Waals surface area (Å²) in [6.07, 6.45) is 1.51. The summed E-state index contributed by atoms with van der Waals surface area (Å²) in [5.74, 6) is -0.126. The van der Waals surface area contributed by atoms with Gasteiger partial charge in [0.25, 0.3) is 11.1 Å². The average Bonchev–Trinajstić information content (AvgIpc) is 3.17. The Balaban J connectivity index is 1.48. The molecule has 1 aliphatic heterocycles. The SMILES string of the molecule is COc1cc(/C=C2\SC(=O)N(CCOc3cccc(C)c3)C2=O)cc(Br)c1OS(=O)(=O)c1ccc(NC(C)=O)cc1. The predicted molar refractivity (Wildman–Crippen MR) is 159 cm³/mol. The number of carbonyl (C=O) groups is 3. The number of rotatable bonds is 10.